The number of ether oxygens (including phenoxy) is 2. The molecule has 0 radical (unpaired) electrons. The van der Waals surface area contributed by atoms with Crippen molar-refractivity contribution < 1.29 is 14.3 Å². The second-order valence-electron chi connectivity index (χ2n) is 6.79. The van der Waals surface area contributed by atoms with E-state index in [4.69, 9.17) is 9.47 Å². The highest BCUT2D eigenvalue weighted by Crippen LogP contribution is 2.31. The van der Waals surface area contributed by atoms with Gasteiger partial charge in [0.1, 0.15) is 17.2 Å². The summed E-state index contributed by atoms with van der Waals surface area (Å²) in [5.74, 6) is 1.32. The molecule has 6 nitrogen and oxygen atoms in total. The van der Waals surface area contributed by atoms with Crippen LogP contribution >= 0.6 is 0 Å². The van der Waals surface area contributed by atoms with Crippen LogP contribution in [0.5, 0.6) is 11.5 Å². The van der Waals surface area contributed by atoms with Gasteiger partial charge in [0.2, 0.25) is 0 Å². The predicted octanol–water partition coefficient (Wildman–Crippen LogP) is 4.30. The quantitative estimate of drug-likeness (QED) is 0.743. The Morgan fingerprint density at radius 2 is 1.81 bits per heavy atom. The van der Waals surface area contributed by atoms with Crippen molar-refractivity contribution in [2.45, 2.75) is 44.6 Å². The molecule has 0 bridgehead atoms. The first-order chi connectivity index (χ1) is 13.2. The molecule has 1 heterocycles. The molecule has 2 aromatic rings. The first kappa shape index (κ1) is 19.0. The Labute approximate surface area is 160 Å². The van der Waals surface area contributed by atoms with Gasteiger partial charge in [-0.25, -0.2) is 4.98 Å². The number of hydrogen-bond donors (Lipinski definition) is 2. The van der Waals surface area contributed by atoms with Crippen molar-refractivity contribution in [3.8, 4) is 11.5 Å². The van der Waals surface area contributed by atoms with Crippen molar-refractivity contribution in [1.29, 1.82) is 0 Å². The number of hydrogen-bond acceptors (Lipinski definition) is 5. The molecule has 1 amide bonds. The highest BCUT2D eigenvalue weighted by atomic mass is 16.5. The lowest BCUT2D eigenvalue weighted by Crippen LogP contribution is -2.34. The van der Waals surface area contributed by atoms with Gasteiger partial charge in [-0.05, 0) is 37.1 Å². The molecule has 1 aliphatic carbocycles. The molecule has 1 aliphatic rings. The Kier molecular flexibility index (Phi) is 6.52. The number of carbonyl (C=O) groups is 1. The summed E-state index contributed by atoms with van der Waals surface area (Å²) in [5.41, 5.74) is 1.98. The van der Waals surface area contributed by atoms with Crippen molar-refractivity contribution in [3.05, 3.63) is 42.2 Å². The van der Waals surface area contributed by atoms with Crippen molar-refractivity contribution in [2.75, 3.05) is 19.5 Å². The Morgan fingerprint density at radius 3 is 2.44 bits per heavy atom. The molecular formula is C21H27N3O3. The molecule has 0 spiro atoms. The molecule has 3 rings (SSSR count). The Bertz CT molecular complexity index is 754. The van der Waals surface area contributed by atoms with Gasteiger partial charge in [0.25, 0.3) is 5.91 Å². The van der Waals surface area contributed by atoms with Crippen molar-refractivity contribution in [2.24, 2.45) is 0 Å². The molecule has 1 saturated carbocycles. The number of benzene rings is 1. The summed E-state index contributed by atoms with van der Waals surface area (Å²) in [4.78, 5) is 16.8. The first-order valence-corrected chi connectivity index (χ1v) is 9.45. The molecule has 2 N–H and O–H groups in total. The summed E-state index contributed by atoms with van der Waals surface area (Å²) in [5, 5.41) is 6.37. The molecule has 144 valence electrons. The van der Waals surface area contributed by atoms with Crippen molar-refractivity contribution in [1.82, 2.24) is 10.3 Å². The lowest BCUT2D eigenvalue weighted by atomic mass is 10.1. The number of carbonyl (C=O) groups excluding carboxylic acids is 1. The van der Waals surface area contributed by atoms with E-state index >= 15 is 0 Å². The van der Waals surface area contributed by atoms with Crippen LogP contribution in [0, 0.1) is 0 Å². The summed E-state index contributed by atoms with van der Waals surface area (Å²) in [6.45, 7) is 0. The maximum absolute atomic E-state index is 12.4. The summed E-state index contributed by atoms with van der Waals surface area (Å²) < 4.78 is 10.6. The van der Waals surface area contributed by atoms with E-state index < -0.39 is 0 Å². The highest BCUT2D eigenvalue weighted by molar-refractivity contribution is 5.92. The standard InChI is InChI=1S/C21H27N3O3/c1-26-17-10-12-20(27-2)19(13-17)23-16-9-11-18(22-14-16)21(25)24-15-7-5-3-4-6-8-15/h9-15,23H,3-8H2,1-2H3,(H,24,25). The fourth-order valence-corrected chi connectivity index (χ4v) is 3.35. The first-order valence-electron chi connectivity index (χ1n) is 9.45. The lowest BCUT2D eigenvalue weighted by Gasteiger charge is -2.16. The predicted molar refractivity (Wildman–Crippen MR) is 106 cm³/mol. The van der Waals surface area contributed by atoms with Crippen LogP contribution in [-0.2, 0) is 0 Å². The van der Waals surface area contributed by atoms with E-state index in [-0.39, 0.29) is 11.9 Å². The van der Waals surface area contributed by atoms with Crippen LogP contribution in [0.15, 0.2) is 36.5 Å². The van der Waals surface area contributed by atoms with Crippen LogP contribution in [0.3, 0.4) is 0 Å². The Morgan fingerprint density at radius 1 is 1.04 bits per heavy atom. The number of nitrogens with zero attached hydrogens (tertiary/aromatic N) is 1. The summed E-state index contributed by atoms with van der Waals surface area (Å²) in [6.07, 6.45) is 8.66. The number of methoxy groups -OCH3 is 2. The van der Waals surface area contributed by atoms with E-state index in [1.54, 1.807) is 26.5 Å². The Balaban J connectivity index is 1.65. The molecule has 1 aromatic carbocycles. The number of anilines is 2. The van der Waals surface area contributed by atoms with E-state index in [9.17, 15) is 4.79 Å². The van der Waals surface area contributed by atoms with Gasteiger partial charge >= 0.3 is 0 Å². The normalized spacial score (nSPS) is 14.9. The average Bonchev–Trinajstić information content (AvgIpc) is 2.97. The zero-order valence-electron chi connectivity index (χ0n) is 16.0. The van der Waals surface area contributed by atoms with E-state index in [0.29, 0.717) is 11.4 Å². The third kappa shape index (κ3) is 5.12. The van der Waals surface area contributed by atoms with Gasteiger partial charge in [-0.3, -0.25) is 4.79 Å². The third-order valence-electron chi connectivity index (χ3n) is 4.87. The second-order valence-corrected chi connectivity index (χ2v) is 6.79. The van der Waals surface area contributed by atoms with Gasteiger partial charge in [0.15, 0.2) is 0 Å². The molecule has 6 heteroatoms. The zero-order chi connectivity index (χ0) is 19.1. The minimum absolute atomic E-state index is 0.104. The van der Waals surface area contributed by atoms with E-state index in [1.165, 1.54) is 25.7 Å². The van der Waals surface area contributed by atoms with E-state index in [2.05, 4.69) is 15.6 Å². The molecule has 27 heavy (non-hydrogen) atoms. The summed E-state index contributed by atoms with van der Waals surface area (Å²) in [7, 11) is 3.24. The fraction of sp³-hybridized carbons (Fsp3) is 0.429. The van der Waals surface area contributed by atoms with Gasteiger partial charge in [0.05, 0.1) is 31.8 Å². The highest BCUT2D eigenvalue weighted by Gasteiger charge is 2.16. The van der Waals surface area contributed by atoms with Gasteiger partial charge in [-0.1, -0.05) is 25.7 Å². The van der Waals surface area contributed by atoms with E-state index in [0.717, 1.165) is 30.0 Å². The van der Waals surface area contributed by atoms with Crippen LogP contribution in [0.1, 0.15) is 49.0 Å². The molecule has 0 aliphatic heterocycles. The number of nitrogens with one attached hydrogen (secondary N) is 2. The fourth-order valence-electron chi connectivity index (χ4n) is 3.35. The maximum atomic E-state index is 12.4. The van der Waals surface area contributed by atoms with Gasteiger partial charge in [-0.2, -0.15) is 0 Å². The average molecular weight is 369 g/mol. The van der Waals surface area contributed by atoms with Crippen molar-refractivity contribution >= 4 is 17.3 Å². The third-order valence-corrected chi connectivity index (χ3v) is 4.87. The molecule has 1 fully saturated rings. The van der Waals surface area contributed by atoms with Crippen molar-refractivity contribution in [3.63, 3.8) is 0 Å². The molecule has 0 unspecified atom stereocenters. The lowest BCUT2D eigenvalue weighted by molar-refractivity contribution is 0.0928. The molecule has 0 saturated heterocycles. The van der Waals surface area contributed by atoms with Crippen LogP contribution < -0.4 is 20.1 Å². The number of aromatic nitrogens is 1. The van der Waals surface area contributed by atoms with Gasteiger partial charge in [-0.15, -0.1) is 0 Å². The smallest absolute Gasteiger partial charge is 0.270 e. The SMILES string of the molecule is COc1ccc(OC)c(Nc2ccc(C(=O)NC3CCCCCC3)nc2)c1. The van der Waals surface area contributed by atoms with Gasteiger partial charge < -0.3 is 20.1 Å². The largest absolute Gasteiger partial charge is 0.497 e. The maximum Gasteiger partial charge on any atom is 0.270 e. The van der Waals surface area contributed by atoms with Crippen LogP contribution in [-0.4, -0.2) is 31.2 Å². The minimum Gasteiger partial charge on any atom is -0.497 e. The summed E-state index contributed by atoms with van der Waals surface area (Å²) >= 11 is 0. The number of amides is 1. The molecular weight excluding hydrogens is 342 g/mol. The number of pyridine rings is 1. The minimum atomic E-state index is -0.104. The van der Waals surface area contributed by atoms with E-state index in [1.807, 2.05) is 24.3 Å². The second kappa shape index (κ2) is 9.26. The Hall–Kier alpha value is -2.76. The van der Waals surface area contributed by atoms with Crippen LogP contribution in [0.25, 0.3) is 0 Å². The topological polar surface area (TPSA) is 72.5 Å². The van der Waals surface area contributed by atoms with Crippen LogP contribution in [0.4, 0.5) is 11.4 Å². The zero-order valence-corrected chi connectivity index (χ0v) is 16.0. The number of rotatable bonds is 6. The van der Waals surface area contributed by atoms with Crippen LogP contribution in [0.2, 0.25) is 0 Å². The summed E-state index contributed by atoms with van der Waals surface area (Å²) in [6, 6.07) is 9.37. The molecule has 0 atom stereocenters. The monoisotopic (exact) mass is 369 g/mol. The molecule has 1 aromatic heterocycles. The van der Waals surface area contributed by atoms with Gasteiger partial charge in [0, 0.05) is 12.1 Å².